The van der Waals surface area contributed by atoms with Gasteiger partial charge in [0, 0.05) is 6.08 Å². The van der Waals surface area contributed by atoms with Crippen molar-refractivity contribution < 1.29 is 13.9 Å². The first-order chi connectivity index (χ1) is 8.17. The van der Waals surface area contributed by atoms with Gasteiger partial charge in [0.15, 0.2) is 0 Å². The number of rotatable bonds is 5. The molecular weight excluding hydrogens is 219 g/mol. The lowest BCUT2D eigenvalue weighted by molar-refractivity contribution is -0.137. The van der Waals surface area contributed by atoms with E-state index in [1.807, 2.05) is 6.92 Å². The summed E-state index contributed by atoms with van der Waals surface area (Å²) in [5.41, 5.74) is 1.74. The molecule has 1 aromatic rings. The number of benzene rings is 1. The molecule has 1 aromatic carbocycles. The van der Waals surface area contributed by atoms with Crippen LogP contribution in [0.15, 0.2) is 30.3 Å². The molecule has 0 fully saturated rings. The lowest BCUT2D eigenvalue weighted by Crippen LogP contribution is -2.01. The van der Waals surface area contributed by atoms with Gasteiger partial charge in [0.1, 0.15) is 5.82 Å². The van der Waals surface area contributed by atoms with Crippen molar-refractivity contribution >= 4 is 11.5 Å². The Kier molecular flexibility index (Phi) is 5.40. The Bertz CT molecular complexity index is 393. The average Bonchev–Trinajstić information content (AvgIpc) is 2.30. The van der Waals surface area contributed by atoms with Crippen molar-refractivity contribution in [3.8, 4) is 0 Å². The maximum absolute atomic E-state index is 12.8. The first kappa shape index (κ1) is 13.4. The van der Waals surface area contributed by atoms with E-state index in [1.165, 1.54) is 18.2 Å². The average molecular weight is 236 g/mol. The van der Waals surface area contributed by atoms with Crippen molar-refractivity contribution in [2.75, 3.05) is 6.61 Å². The van der Waals surface area contributed by atoms with Crippen LogP contribution >= 0.6 is 0 Å². The van der Waals surface area contributed by atoms with Gasteiger partial charge < -0.3 is 4.74 Å². The summed E-state index contributed by atoms with van der Waals surface area (Å²) in [5, 5.41) is 0. The van der Waals surface area contributed by atoms with Gasteiger partial charge in [-0.15, -0.1) is 0 Å². The summed E-state index contributed by atoms with van der Waals surface area (Å²) in [6.45, 7) is 4.16. The summed E-state index contributed by atoms with van der Waals surface area (Å²) in [6, 6.07) is 6.14. The molecule has 92 valence electrons. The number of carbonyl (C=O) groups excluding carboxylic acids is 1. The predicted molar refractivity (Wildman–Crippen MR) is 65.9 cm³/mol. The second kappa shape index (κ2) is 6.84. The first-order valence-corrected chi connectivity index (χ1v) is 5.80. The predicted octanol–water partition coefficient (Wildman–Crippen LogP) is 3.57. The second-order valence-corrected chi connectivity index (χ2v) is 3.68. The van der Waals surface area contributed by atoms with Crippen molar-refractivity contribution in [3.63, 3.8) is 0 Å². The second-order valence-electron chi connectivity index (χ2n) is 3.68. The first-order valence-electron chi connectivity index (χ1n) is 5.80. The normalized spacial score (nSPS) is 11.4. The van der Waals surface area contributed by atoms with Gasteiger partial charge in [0.05, 0.1) is 6.61 Å². The highest BCUT2D eigenvalue weighted by molar-refractivity contribution is 5.91. The molecule has 0 unspecified atom stereocenters. The van der Waals surface area contributed by atoms with E-state index < -0.39 is 0 Å². The SMILES string of the molecule is CCCC(=CC(=O)OCC)c1ccc(F)cc1. The van der Waals surface area contributed by atoms with Crippen LogP contribution in [0.25, 0.3) is 5.57 Å². The van der Waals surface area contributed by atoms with Crippen molar-refractivity contribution in [1.82, 2.24) is 0 Å². The van der Waals surface area contributed by atoms with Crippen LogP contribution < -0.4 is 0 Å². The van der Waals surface area contributed by atoms with E-state index in [-0.39, 0.29) is 11.8 Å². The fraction of sp³-hybridized carbons (Fsp3) is 0.357. The molecule has 3 heteroatoms. The Morgan fingerprint density at radius 3 is 2.47 bits per heavy atom. The van der Waals surface area contributed by atoms with Crippen molar-refractivity contribution in [2.45, 2.75) is 26.7 Å². The largest absolute Gasteiger partial charge is 0.463 e. The maximum atomic E-state index is 12.8. The summed E-state index contributed by atoms with van der Waals surface area (Å²) >= 11 is 0. The maximum Gasteiger partial charge on any atom is 0.331 e. The van der Waals surface area contributed by atoms with E-state index in [1.54, 1.807) is 19.1 Å². The van der Waals surface area contributed by atoms with Gasteiger partial charge in [-0.25, -0.2) is 9.18 Å². The lowest BCUT2D eigenvalue weighted by atomic mass is 10.0. The molecule has 1 rings (SSSR count). The summed E-state index contributed by atoms with van der Waals surface area (Å²) in [5.74, 6) is -0.624. The number of allylic oxidation sites excluding steroid dienone is 1. The van der Waals surface area contributed by atoms with Crippen LogP contribution in [0, 0.1) is 5.82 Å². The summed E-state index contributed by atoms with van der Waals surface area (Å²) in [6.07, 6.45) is 3.17. The van der Waals surface area contributed by atoms with Gasteiger partial charge in [-0.3, -0.25) is 0 Å². The third kappa shape index (κ3) is 4.39. The minimum Gasteiger partial charge on any atom is -0.463 e. The Morgan fingerprint density at radius 1 is 1.29 bits per heavy atom. The molecular formula is C14H17FO2. The van der Waals surface area contributed by atoms with Crippen molar-refractivity contribution in [2.24, 2.45) is 0 Å². The van der Waals surface area contributed by atoms with Crippen LogP contribution in [0.2, 0.25) is 0 Å². The molecule has 0 heterocycles. The lowest BCUT2D eigenvalue weighted by Gasteiger charge is -2.06. The monoisotopic (exact) mass is 236 g/mol. The minimum absolute atomic E-state index is 0.277. The molecule has 2 nitrogen and oxygen atoms in total. The summed E-state index contributed by atoms with van der Waals surface area (Å²) < 4.78 is 17.7. The Hall–Kier alpha value is -1.64. The van der Waals surface area contributed by atoms with Crippen LogP contribution in [0.3, 0.4) is 0 Å². The standard InChI is InChI=1S/C14H17FO2/c1-3-5-12(10-14(16)17-4-2)11-6-8-13(15)9-7-11/h6-10H,3-5H2,1-2H3. The topological polar surface area (TPSA) is 26.3 Å². The number of hydrogen-bond acceptors (Lipinski definition) is 2. The van der Waals surface area contributed by atoms with Gasteiger partial charge in [-0.2, -0.15) is 0 Å². The highest BCUT2D eigenvalue weighted by Gasteiger charge is 2.05. The molecule has 0 aliphatic heterocycles. The van der Waals surface area contributed by atoms with Crippen LogP contribution in [-0.2, 0) is 9.53 Å². The van der Waals surface area contributed by atoms with Crippen LogP contribution in [-0.4, -0.2) is 12.6 Å². The quantitative estimate of drug-likeness (QED) is 0.577. The number of esters is 1. The van der Waals surface area contributed by atoms with Crippen LogP contribution in [0.1, 0.15) is 32.3 Å². The molecule has 0 aliphatic rings. The highest BCUT2D eigenvalue weighted by Crippen LogP contribution is 2.20. The Morgan fingerprint density at radius 2 is 1.94 bits per heavy atom. The number of hydrogen-bond donors (Lipinski definition) is 0. The van der Waals surface area contributed by atoms with E-state index in [0.717, 1.165) is 24.0 Å². The van der Waals surface area contributed by atoms with E-state index >= 15 is 0 Å². The molecule has 0 radical (unpaired) electrons. The third-order valence-electron chi connectivity index (χ3n) is 2.31. The molecule has 0 saturated carbocycles. The number of ether oxygens (including phenoxy) is 1. The van der Waals surface area contributed by atoms with Crippen molar-refractivity contribution in [3.05, 3.63) is 41.7 Å². The fourth-order valence-corrected chi connectivity index (χ4v) is 1.56. The van der Waals surface area contributed by atoms with Gasteiger partial charge >= 0.3 is 5.97 Å². The van der Waals surface area contributed by atoms with E-state index in [4.69, 9.17) is 4.74 Å². The van der Waals surface area contributed by atoms with Gasteiger partial charge in [-0.1, -0.05) is 25.5 Å². The van der Waals surface area contributed by atoms with Gasteiger partial charge in [0.2, 0.25) is 0 Å². The van der Waals surface area contributed by atoms with Crippen LogP contribution in [0.4, 0.5) is 4.39 Å². The molecule has 0 N–H and O–H groups in total. The number of halogens is 1. The fourth-order valence-electron chi connectivity index (χ4n) is 1.56. The zero-order chi connectivity index (χ0) is 12.7. The van der Waals surface area contributed by atoms with Gasteiger partial charge in [0.25, 0.3) is 0 Å². The third-order valence-corrected chi connectivity index (χ3v) is 2.31. The molecule has 0 amide bonds. The zero-order valence-electron chi connectivity index (χ0n) is 10.2. The summed E-state index contributed by atoms with van der Waals surface area (Å²) in [7, 11) is 0. The smallest absolute Gasteiger partial charge is 0.331 e. The van der Waals surface area contributed by atoms with E-state index in [2.05, 4.69) is 0 Å². The van der Waals surface area contributed by atoms with Gasteiger partial charge in [-0.05, 0) is 36.6 Å². The molecule has 0 aliphatic carbocycles. The Balaban J connectivity index is 2.92. The van der Waals surface area contributed by atoms with E-state index in [0.29, 0.717) is 6.61 Å². The molecule has 0 atom stereocenters. The van der Waals surface area contributed by atoms with Crippen molar-refractivity contribution in [1.29, 1.82) is 0 Å². The molecule has 0 saturated heterocycles. The molecule has 0 aromatic heterocycles. The zero-order valence-corrected chi connectivity index (χ0v) is 10.2. The minimum atomic E-state index is -0.347. The number of carbonyl (C=O) groups is 1. The van der Waals surface area contributed by atoms with E-state index in [9.17, 15) is 9.18 Å². The Labute approximate surface area is 101 Å². The molecule has 0 spiro atoms. The molecule has 17 heavy (non-hydrogen) atoms. The molecule has 0 bridgehead atoms. The van der Waals surface area contributed by atoms with Crippen LogP contribution in [0.5, 0.6) is 0 Å². The highest BCUT2D eigenvalue weighted by atomic mass is 19.1. The summed E-state index contributed by atoms with van der Waals surface area (Å²) in [4.78, 5) is 11.4.